The Hall–Kier alpha value is -3.42. The zero-order valence-electron chi connectivity index (χ0n) is 21.5. The highest BCUT2D eigenvalue weighted by Gasteiger charge is 2.33. The molecule has 5 atom stereocenters. The average Bonchev–Trinajstić information content (AvgIpc) is 2.79. The van der Waals surface area contributed by atoms with Gasteiger partial charge in [-0.3, -0.25) is 24.2 Å². The topological polar surface area (TPSA) is 258 Å². The van der Waals surface area contributed by atoms with Gasteiger partial charge < -0.3 is 44.0 Å². The van der Waals surface area contributed by atoms with Crippen molar-refractivity contribution in [1.82, 2.24) is 16.0 Å². The van der Waals surface area contributed by atoms with Crippen molar-refractivity contribution in [2.75, 3.05) is 6.54 Å². The zero-order chi connectivity index (χ0) is 28.0. The molecule has 14 heteroatoms. The Morgan fingerprint density at radius 1 is 0.861 bits per heavy atom. The number of rotatable bonds is 17. The number of hydrogen-bond donors (Lipinski definition) is 8. The second kappa shape index (κ2) is 16.3. The highest BCUT2D eigenvalue weighted by atomic mass is 16.4. The number of amides is 4. The van der Waals surface area contributed by atoms with Gasteiger partial charge in [-0.1, -0.05) is 34.1 Å². The number of primary amides is 1. The molecular formula is C22H42N8O6. The SMILES string of the molecule is CC[C@H](C)[C@H](NC(=O)[C@@H](N)CCCN=C(N)N)C(=O)N[C@H](C(=O)N[C@@H](CCC(N)=O)C(=O)O)C(C)C. The first-order valence-electron chi connectivity index (χ1n) is 11.9. The van der Waals surface area contributed by atoms with Crippen LogP contribution in [0.25, 0.3) is 0 Å². The van der Waals surface area contributed by atoms with Crippen LogP contribution in [0.1, 0.15) is 59.8 Å². The van der Waals surface area contributed by atoms with Gasteiger partial charge in [0.1, 0.15) is 18.1 Å². The lowest BCUT2D eigenvalue weighted by atomic mass is 9.95. The number of nitrogens with two attached hydrogens (primary N) is 4. The van der Waals surface area contributed by atoms with Crippen LogP contribution in [0.3, 0.4) is 0 Å². The molecule has 206 valence electrons. The number of guanidine groups is 1. The lowest BCUT2D eigenvalue weighted by Crippen LogP contribution is -2.59. The fourth-order valence-corrected chi connectivity index (χ4v) is 3.20. The maximum absolute atomic E-state index is 13.1. The molecule has 0 aliphatic carbocycles. The zero-order valence-corrected chi connectivity index (χ0v) is 21.5. The molecule has 0 aromatic carbocycles. The Morgan fingerprint density at radius 2 is 1.42 bits per heavy atom. The summed E-state index contributed by atoms with van der Waals surface area (Å²) in [4.78, 5) is 64.9. The van der Waals surface area contributed by atoms with Gasteiger partial charge in [0.15, 0.2) is 5.96 Å². The van der Waals surface area contributed by atoms with E-state index in [1.54, 1.807) is 20.8 Å². The van der Waals surface area contributed by atoms with Crippen LogP contribution in [0.15, 0.2) is 4.99 Å². The molecular weight excluding hydrogens is 472 g/mol. The summed E-state index contributed by atoms with van der Waals surface area (Å²) >= 11 is 0. The Bertz CT molecular complexity index is 799. The van der Waals surface area contributed by atoms with Gasteiger partial charge in [-0.25, -0.2) is 4.79 Å². The van der Waals surface area contributed by atoms with E-state index in [1.165, 1.54) is 0 Å². The van der Waals surface area contributed by atoms with Gasteiger partial charge >= 0.3 is 5.97 Å². The number of hydrogen-bond acceptors (Lipinski definition) is 7. The molecule has 36 heavy (non-hydrogen) atoms. The smallest absolute Gasteiger partial charge is 0.326 e. The maximum atomic E-state index is 13.1. The molecule has 0 saturated heterocycles. The van der Waals surface area contributed by atoms with Crippen molar-refractivity contribution in [2.45, 2.75) is 84.0 Å². The first-order valence-corrected chi connectivity index (χ1v) is 11.9. The Labute approximate surface area is 211 Å². The second-order valence-corrected chi connectivity index (χ2v) is 9.06. The van der Waals surface area contributed by atoms with E-state index in [1.807, 2.05) is 6.92 Å². The first-order chi connectivity index (χ1) is 16.7. The number of nitrogens with one attached hydrogen (secondary N) is 3. The highest BCUT2D eigenvalue weighted by molar-refractivity contribution is 5.94. The molecule has 12 N–H and O–H groups in total. The Balaban J connectivity index is 5.38. The molecule has 0 unspecified atom stereocenters. The predicted molar refractivity (Wildman–Crippen MR) is 134 cm³/mol. The van der Waals surface area contributed by atoms with E-state index in [0.29, 0.717) is 19.4 Å². The largest absolute Gasteiger partial charge is 0.480 e. The van der Waals surface area contributed by atoms with E-state index in [2.05, 4.69) is 20.9 Å². The van der Waals surface area contributed by atoms with Crippen molar-refractivity contribution in [2.24, 2.45) is 39.8 Å². The number of aliphatic imine (C=N–C) groups is 1. The van der Waals surface area contributed by atoms with Crippen LogP contribution in [0, 0.1) is 11.8 Å². The quantitative estimate of drug-likeness (QED) is 0.0598. The minimum Gasteiger partial charge on any atom is -0.480 e. The average molecular weight is 515 g/mol. The molecule has 4 amide bonds. The number of carboxylic acids is 1. The van der Waals surface area contributed by atoms with E-state index in [4.69, 9.17) is 22.9 Å². The van der Waals surface area contributed by atoms with Crippen LogP contribution in [-0.4, -0.2) is 71.4 Å². The van der Waals surface area contributed by atoms with E-state index < -0.39 is 59.7 Å². The van der Waals surface area contributed by atoms with Gasteiger partial charge in [-0.05, 0) is 31.1 Å². The summed E-state index contributed by atoms with van der Waals surface area (Å²) in [5.41, 5.74) is 21.5. The van der Waals surface area contributed by atoms with Gasteiger partial charge in [0.25, 0.3) is 0 Å². The summed E-state index contributed by atoms with van der Waals surface area (Å²) in [6.07, 6.45) is 0.871. The Morgan fingerprint density at radius 3 is 1.89 bits per heavy atom. The molecule has 0 radical (unpaired) electrons. The predicted octanol–water partition coefficient (Wildman–Crippen LogP) is -2.13. The van der Waals surface area contributed by atoms with Crippen LogP contribution in [0.4, 0.5) is 0 Å². The lowest BCUT2D eigenvalue weighted by molar-refractivity contribution is -0.143. The molecule has 0 heterocycles. The van der Waals surface area contributed by atoms with Gasteiger partial charge in [0.2, 0.25) is 23.6 Å². The van der Waals surface area contributed by atoms with E-state index in [0.717, 1.165) is 0 Å². The van der Waals surface area contributed by atoms with Gasteiger partial charge in [0, 0.05) is 13.0 Å². The van der Waals surface area contributed by atoms with E-state index in [9.17, 15) is 29.1 Å². The molecule has 0 rings (SSSR count). The van der Waals surface area contributed by atoms with Crippen molar-refractivity contribution in [3.8, 4) is 0 Å². The number of carboxylic acid groups (broad SMARTS) is 1. The standard InChI is InChI=1S/C22H42N8O6/c1-5-12(4)17(30-18(32)13(23)7-6-10-27-22(25)26)20(34)29-16(11(2)3)19(33)28-14(21(35)36)8-9-15(24)31/h11-14,16-17H,5-10,23H2,1-4H3,(H2,24,31)(H,28,33)(H,29,34)(H,30,32)(H,35,36)(H4,25,26,27)/t12-,13-,14-,16-,17-/m0/s1. The number of nitrogens with zero attached hydrogens (tertiary/aromatic N) is 1. The molecule has 0 aliphatic heterocycles. The summed E-state index contributed by atoms with van der Waals surface area (Å²) in [5.74, 6) is -4.69. The number of carbonyl (C=O) groups is 5. The molecule has 0 fully saturated rings. The molecule has 0 spiro atoms. The third-order valence-corrected chi connectivity index (χ3v) is 5.64. The fourth-order valence-electron chi connectivity index (χ4n) is 3.20. The third kappa shape index (κ3) is 12.3. The second-order valence-electron chi connectivity index (χ2n) is 9.06. The molecule has 0 bridgehead atoms. The minimum absolute atomic E-state index is 0.0622. The number of carbonyl (C=O) groups excluding carboxylic acids is 4. The van der Waals surface area contributed by atoms with Crippen LogP contribution >= 0.6 is 0 Å². The van der Waals surface area contributed by atoms with E-state index in [-0.39, 0.29) is 31.1 Å². The highest BCUT2D eigenvalue weighted by Crippen LogP contribution is 2.11. The van der Waals surface area contributed by atoms with Crippen LogP contribution in [0.2, 0.25) is 0 Å². The summed E-state index contributed by atoms with van der Waals surface area (Å²) < 4.78 is 0. The molecule has 14 nitrogen and oxygen atoms in total. The summed E-state index contributed by atoms with van der Waals surface area (Å²) in [5, 5.41) is 17.0. The van der Waals surface area contributed by atoms with Crippen molar-refractivity contribution in [3.63, 3.8) is 0 Å². The van der Waals surface area contributed by atoms with Crippen molar-refractivity contribution in [3.05, 3.63) is 0 Å². The summed E-state index contributed by atoms with van der Waals surface area (Å²) in [7, 11) is 0. The van der Waals surface area contributed by atoms with Crippen LogP contribution in [0.5, 0.6) is 0 Å². The maximum Gasteiger partial charge on any atom is 0.326 e. The minimum atomic E-state index is -1.36. The van der Waals surface area contributed by atoms with Gasteiger partial charge in [0.05, 0.1) is 6.04 Å². The lowest BCUT2D eigenvalue weighted by Gasteiger charge is -2.29. The third-order valence-electron chi connectivity index (χ3n) is 5.64. The van der Waals surface area contributed by atoms with Crippen molar-refractivity contribution in [1.29, 1.82) is 0 Å². The van der Waals surface area contributed by atoms with Crippen molar-refractivity contribution < 1.29 is 29.1 Å². The summed E-state index contributed by atoms with van der Waals surface area (Å²) in [6.45, 7) is 7.26. The van der Waals surface area contributed by atoms with Crippen molar-refractivity contribution >= 4 is 35.6 Å². The van der Waals surface area contributed by atoms with E-state index >= 15 is 0 Å². The monoisotopic (exact) mass is 514 g/mol. The molecule has 0 aliphatic rings. The molecule has 0 saturated carbocycles. The van der Waals surface area contributed by atoms with Gasteiger partial charge in [-0.2, -0.15) is 0 Å². The molecule has 0 aromatic heterocycles. The van der Waals surface area contributed by atoms with Gasteiger partial charge in [-0.15, -0.1) is 0 Å². The molecule has 0 aromatic rings. The van der Waals surface area contributed by atoms with Crippen LogP contribution in [-0.2, 0) is 24.0 Å². The number of aliphatic carboxylic acids is 1. The first kappa shape index (κ1) is 32.6. The van der Waals surface area contributed by atoms with Crippen LogP contribution < -0.4 is 38.9 Å². The Kier molecular flexibility index (Phi) is 14.7. The normalized spacial score (nSPS) is 15.1. The fraction of sp³-hybridized carbons (Fsp3) is 0.727. The summed E-state index contributed by atoms with van der Waals surface area (Å²) in [6, 6.07) is -4.33.